The highest BCUT2D eigenvalue weighted by molar-refractivity contribution is 7.89. The van der Waals surface area contributed by atoms with Gasteiger partial charge in [-0.15, -0.1) is 11.3 Å². The third kappa shape index (κ3) is 4.35. The molecular formula is C22H15F3N4O6S2. The van der Waals surface area contributed by atoms with E-state index in [-0.39, 0.29) is 28.4 Å². The lowest BCUT2D eigenvalue weighted by atomic mass is 10.1. The van der Waals surface area contributed by atoms with Crippen LogP contribution in [-0.2, 0) is 22.7 Å². The molecule has 5 aromatic rings. The van der Waals surface area contributed by atoms with E-state index in [2.05, 4.69) is 4.98 Å². The molecule has 4 heterocycles. The number of aromatic nitrogens is 3. The first-order valence-electron chi connectivity index (χ1n) is 10.3. The fourth-order valence-corrected chi connectivity index (χ4v) is 5.25. The molecule has 0 bridgehead atoms. The predicted octanol–water partition coefficient (Wildman–Crippen LogP) is 3.04. The molecule has 192 valence electrons. The summed E-state index contributed by atoms with van der Waals surface area (Å²) in [7, 11) is -4.15. The largest absolute Gasteiger partial charge is 0.472 e. The number of benzene rings is 1. The highest BCUT2D eigenvalue weighted by Crippen LogP contribution is 2.36. The lowest BCUT2D eigenvalue weighted by molar-refractivity contribution is -0.137. The maximum atomic E-state index is 13.7. The number of nitrogens with one attached hydrogen (secondary N) is 2. The number of halogens is 3. The van der Waals surface area contributed by atoms with Gasteiger partial charge in [0, 0.05) is 21.7 Å². The summed E-state index contributed by atoms with van der Waals surface area (Å²) in [6.07, 6.45) is -1.42. The summed E-state index contributed by atoms with van der Waals surface area (Å²) in [5.41, 5.74) is -3.30. The van der Waals surface area contributed by atoms with Crippen molar-refractivity contribution < 1.29 is 30.8 Å². The van der Waals surface area contributed by atoms with Gasteiger partial charge in [-0.25, -0.2) is 22.5 Å². The number of nitrogens with zero attached hydrogens (tertiary/aromatic N) is 2. The Balaban J connectivity index is 1.96. The number of furan rings is 1. The molecule has 0 saturated carbocycles. The van der Waals surface area contributed by atoms with Crippen LogP contribution in [0.1, 0.15) is 21.6 Å². The second kappa shape index (κ2) is 8.48. The molecule has 0 spiro atoms. The van der Waals surface area contributed by atoms with Crippen LogP contribution in [0.2, 0.25) is 0 Å². The molecule has 1 aromatic carbocycles. The molecule has 10 nitrogen and oxygen atoms in total. The molecule has 2 N–H and O–H groups in total. The summed E-state index contributed by atoms with van der Waals surface area (Å²) in [6, 6.07) is 4.11. The van der Waals surface area contributed by atoms with Crippen LogP contribution in [0.5, 0.6) is 0 Å². The fraction of sp³-hybridized carbons (Fsp3) is 0.136. The molecule has 4 aromatic heterocycles. The average molecular weight is 553 g/mol. The normalized spacial score (nSPS) is 12.4. The van der Waals surface area contributed by atoms with Gasteiger partial charge in [0.25, 0.3) is 11.5 Å². The number of amides is 1. The van der Waals surface area contributed by atoms with Crippen LogP contribution in [0.3, 0.4) is 0 Å². The van der Waals surface area contributed by atoms with Crippen LogP contribution in [-0.4, -0.2) is 34.7 Å². The van der Waals surface area contributed by atoms with Crippen molar-refractivity contribution >= 4 is 49.1 Å². The first kappa shape index (κ1) is 24.6. The highest BCUT2D eigenvalue weighted by Gasteiger charge is 2.34. The van der Waals surface area contributed by atoms with Crippen LogP contribution >= 0.6 is 11.3 Å². The molecule has 15 heteroatoms. The number of aromatic amines is 1. The number of carbonyl (C=O) groups excluding carboxylic acids is 1. The van der Waals surface area contributed by atoms with E-state index < -0.39 is 50.3 Å². The number of hydrogen-bond donors (Lipinski definition) is 2. The Morgan fingerprint density at radius 1 is 1.16 bits per heavy atom. The number of alkyl halides is 3. The van der Waals surface area contributed by atoms with E-state index in [4.69, 9.17) is 4.42 Å². The Kier molecular flexibility index (Phi) is 5.64. The Bertz CT molecular complexity index is 1910. The van der Waals surface area contributed by atoms with Gasteiger partial charge in [0.05, 0.1) is 53.0 Å². The Hall–Kier alpha value is -4.11. The van der Waals surface area contributed by atoms with Crippen molar-refractivity contribution in [3.05, 3.63) is 85.2 Å². The summed E-state index contributed by atoms with van der Waals surface area (Å²) in [5, 5.41) is 2.73. The van der Waals surface area contributed by atoms with E-state index in [1.54, 1.807) is 4.72 Å². The number of carbonyl (C=O) groups is 1. The Labute approximate surface area is 208 Å². The molecule has 0 fully saturated rings. The summed E-state index contributed by atoms with van der Waals surface area (Å²) in [6.45, 7) is -0.155. The quantitative estimate of drug-likeness (QED) is 0.344. The molecule has 0 aliphatic heterocycles. The monoisotopic (exact) mass is 552 g/mol. The maximum Gasteiger partial charge on any atom is 0.416 e. The standard InChI is InChI=1S/C22H15F3N4O6S2/c1-37(33,34)27-19(30)18-17(29-20(31)14-9-36-10-15(14)26-21(29)32)13-6-12(22(23,24)25)2-3-16(13)28(18)7-11-4-5-35-8-11/h2-6,8-10H,7H2,1H3,(H,26,32)(H,27,30). The molecule has 0 unspecified atom stereocenters. The minimum atomic E-state index is -4.79. The van der Waals surface area contributed by atoms with E-state index in [1.165, 1.54) is 33.9 Å². The number of H-pyrrole nitrogens is 1. The Morgan fingerprint density at radius 3 is 2.57 bits per heavy atom. The summed E-state index contributed by atoms with van der Waals surface area (Å²) < 4.78 is 73.4. The lowest BCUT2D eigenvalue weighted by Gasteiger charge is -2.12. The number of thiophene rings is 1. The van der Waals surface area contributed by atoms with Crippen LogP contribution in [0, 0.1) is 0 Å². The predicted molar refractivity (Wildman–Crippen MR) is 129 cm³/mol. The van der Waals surface area contributed by atoms with Crippen molar-refractivity contribution in [1.82, 2.24) is 18.8 Å². The molecule has 5 rings (SSSR count). The van der Waals surface area contributed by atoms with Gasteiger partial charge in [0.1, 0.15) is 5.69 Å². The van der Waals surface area contributed by atoms with Gasteiger partial charge in [0.2, 0.25) is 10.0 Å². The van der Waals surface area contributed by atoms with E-state index in [0.717, 1.165) is 23.5 Å². The van der Waals surface area contributed by atoms with E-state index in [0.29, 0.717) is 22.5 Å². The maximum absolute atomic E-state index is 13.7. The van der Waals surface area contributed by atoms with Gasteiger partial charge in [0.15, 0.2) is 0 Å². The molecule has 0 saturated heterocycles. The molecule has 0 radical (unpaired) electrons. The van der Waals surface area contributed by atoms with Crippen LogP contribution in [0.25, 0.3) is 27.5 Å². The lowest BCUT2D eigenvalue weighted by Crippen LogP contribution is -2.37. The minimum Gasteiger partial charge on any atom is -0.472 e. The molecule has 0 aliphatic rings. The fourth-order valence-electron chi connectivity index (χ4n) is 4.06. The van der Waals surface area contributed by atoms with Crippen molar-refractivity contribution in [2.45, 2.75) is 12.7 Å². The van der Waals surface area contributed by atoms with Gasteiger partial charge in [-0.2, -0.15) is 13.2 Å². The third-order valence-electron chi connectivity index (χ3n) is 5.54. The second-order valence-corrected chi connectivity index (χ2v) is 10.6. The van der Waals surface area contributed by atoms with Crippen molar-refractivity contribution in [3.8, 4) is 5.69 Å². The second-order valence-electron chi connectivity index (χ2n) is 8.12. The molecule has 37 heavy (non-hydrogen) atoms. The molecule has 0 atom stereocenters. The van der Waals surface area contributed by atoms with Crippen molar-refractivity contribution in [3.63, 3.8) is 0 Å². The summed E-state index contributed by atoms with van der Waals surface area (Å²) >= 11 is 1.11. The number of fused-ring (bicyclic) bond motifs is 2. The topological polar surface area (TPSA) is 136 Å². The van der Waals surface area contributed by atoms with E-state index >= 15 is 0 Å². The summed E-state index contributed by atoms with van der Waals surface area (Å²) in [4.78, 5) is 42.2. The zero-order chi connectivity index (χ0) is 26.7. The van der Waals surface area contributed by atoms with Gasteiger partial charge >= 0.3 is 11.9 Å². The number of sulfonamides is 1. The zero-order valence-corrected chi connectivity index (χ0v) is 20.3. The molecule has 1 amide bonds. The van der Waals surface area contributed by atoms with Gasteiger partial charge < -0.3 is 14.0 Å². The molecular weight excluding hydrogens is 537 g/mol. The van der Waals surface area contributed by atoms with Crippen LogP contribution in [0.4, 0.5) is 13.2 Å². The summed E-state index contributed by atoms with van der Waals surface area (Å²) in [5.74, 6) is -1.25. The first-order valence-corrected chi connectivity index (χ1v) is 13.2. The number of hydrogen-bond acceptors (Lipinski definition) is 7. The Morgan fingerprint density at radius 2 is 1.92 bits per heavy atom. The molecule has 0 aliphatic carbocycles. The smallest absolute Gasteiger partial charge is 0.416 e. The number of rotatable bonds is 5. The van der Waals surface area contributed by atoms with E-state index in [9.17, 15) is 36.0 Å². The van der Waals surface area contributed by atoms with Crippen molar-refractivity contribution in [1.29, 1.82) is 0 Å². The van der Waals surface area contributed by atoms with Crippen LogP contribution in [0.15, 0.2) is 61.6 Å². The van der Waals surface area contributed by atoms with Crippen molar-refractivity contribution in [2.75, 3.05) is 6.26 Å². The van der Waals surface area contributed by atoms with Gasteiger partial charge in [-0.05, 0) is 24.3 Å². The zero-order valence-electron chi connectivity index (χ0n) is 18.6. The van der Waals surface area contributed by atoms with Gasteiger partial charge in [-0.1, -0.05) is 0 Å². The minimum absolute atomic E-state index is 0.0413. The SMILES string of the molecule is CS(=O)(=O)NC(=O)c1c(-n2c(=O)[nH]c3cscc3c2=O)c2cc(C(F)(F)F)ccc2n1Cc1ccoc1. The van der Waals surface area contributed by atoms with Crippen LogP contribution < -0.4 is 16.0 Å². The third-order valence-corrected chi connectivity index (χ3v) is 6.84. The average Bonchev–Trinajstić information content (AvgIpc) is 3.52. The van der Waals surface area contributed by atoms with E-state index in [1.807, 2.05) is 0 Å². The van der Waals surface area contributed by atoms with Gasteiger partial charge in [-0.3, -0.25) is 9.59 Å². The van der Waals surface area contributed by atoms with Crippen molar-refractivity contribution in [2.24, 2.45) is 0 Å². The first-order chi connectivity index (χ1) is 17.3. The highest BCUT2D eigenvalue weighted by atomic mass is 32.2.